The summed E-state index contributed by atoms with van der Waals surface area (Å²) in [6.07, 6.45) is 1.82. The van der Waals surface area contributed by atoms with Crippen LogP contribution < -0.4 is 14.8 Å². The number of fused-ring (bicyclic) bond motifs is 1. The van der Waals surface area contributed by atoms with E-state index in [1.807, 2.05) is 0 Å². The largest absolute Gasteiger partial charge is 0.453 e. The Morgan fingerprint density at radius 3 is 2.66 bits per heavy atom. The summed E-state index contributed by atoms with van der Waals surface area (Å²) in [5.41, 5.74) is 1.91. The van der Waals surface area contributed by atoms with Gasteiger partial charge in [0.2, 0.25) is 5.95 Å². The summed E-state index contributed by atoms with van der Waals surface area (Å²) in [6, 6.07) is 11.1. The highest BCUT2D eigenvalue weighted by Crippen LogP contribution is 2.29. The Bertz CT molecular complexity index is 1140. The number of amides is 1. The zero-order chi connectivity index (χ0) is 20.4. The second-order valence-electron chi connectivity index (χ2n) is 6.77. The molecule has 2 aromatic carbocycles. The fourth-order valence-corrected chi connectivity index (χ4v) is 3.67. The summed E-state index contributed by atoms with van der Waals surface area (Å²) in [7, 11) is -2.75. The third-order valence-corrected chi connectivity index (χ3v) is 5.76. The van der Waals surface area contributed by atoms with Crippen LogP contribution in [0.25, 0.3) is 11.0 Å². The third-order valence-electron chi connectivity index (χ3n) is 4.50. The summed E-state index contributed by atoms with van der Waals surface area (Å²) < 4.78 is 34.9. The maximum atomic E-state index is 12.6. The predicted molar refractivity (Wildman–Crippen MR) is 108 cm³/mol. The average Bonchev–Trinajstić information content (AvgIpc) is 3.45. The van der Waals surface area contributed by atoms with Gasteiger partial charge >= 0.3 is 16.2 Å². The van der Waals surface area contributed by atoms with E-state index >= 15 is 0 Å². The average molecular weight is 416 g/mol. The van der Waals surface area contributed by atoms with Gasteiger partial charge < -0.3 is 19.2 Å². The van der Waals surface area contributed by atoms with Gasteiger partial charge in [0.05, 0.1) is 18.1 Å². The quantitative estimate of drug-likeness (QED) is 0.505. The summed E-state index contributed by atoms with van der Waals surface area (Å²) in [5, 5.41) is 5.70. The van der Waals surface area contributed by atoms with Crippen LogP contribution in [-0.4, -0.2) is 38.1 Å². The lowest BCUT2D eigenvalue weighted by Gasteiger charge is -2.09. The van der Waals surface area contributed by atoms with Gasteiger partial charge in [0.1, 0.15) is 10.6 Å². The third kappa shape index (κ3) is 4.60. The van der Waals surface area contributed by atoms with E-state index in [1.165, 1.54) is 44.2 Å². The molecule has 0 saturated heterocycles. The molecule has 10 heteroatoms. The van der Waals surface area contributed by atoms with Crippen molar-refractivity contribution in [2.75, 3.05) is 24.3 Å². The summed E-state index contributed by atoms with van der Waals surface area (Å²) in [4.78, 5) is 18.4. The normalized spacial score (nSPS) is 13.8. The van der Waals surface area contributed by atoms with Gasteiger partial charge in [-0.1, -0.05) is 0 Å². The molecule has 0 radical (unpaired) electrons. The molecule has 152 valence electrons. The molecule has 3 aromatic rings. The lowest BCUT2D eigenvalue weighted by molar-refractivity contribution is 0.186. The number of rotatable bonds is 7. The molecule has 1 fully saturated rings. The summed E-state index contributed by atoms with van der Waals surface area (Å²) >= 11 is 0. The number of nitrogens with zero attached hydrogens (tertiary/aromatic N) is 1. The number of aromatic nitrogens is 2. The molecule has 0 unspecified atom stereocenters. The van der Waals surface area contributed by atoms with Crippen molar-refractivity contribution in [2.24, 2.45) is 5.92 Å². The van der Waals surface area contributed by atoms with Crippen LogP contribution in [0.5, 0.6) is 5.75 Å². The Kier molecular flexibility index (Phi) is 5.01. The molecule has 1 heterocycles. The molecule has 1 aliphatic rings. The SMILES string of the molecule is COC(=O)Nc1nc2cc(OS(=O)(=O)c3ccc(NCC4CC4)cc3)ccc2[nH]1. The molecule has 0 bridgehead atoms. The van der Waals surface area contributed by atoms with Crippen molar-refractivity contribution in [3.63, 3.8) is 0 Å². The van der Waals surface area contributed by atoms with Crippen LogP contribution in [0, 0.1) is 5.92 Å². The molecule has 0 atom stereocenters. The minimum atomic E-state index is -3.99. The Hall–Kier alpha value is -3.27. The van der Waals surface area contributed by atoms with E-state index in [0.29, 0.717) is 11.0 Å². The number of H-pyrrole nitrogens is 1. The van der Waals surface area contributed by atoms with Crippen LogP contribution in [0.3, 0.4) is 0 Å². The monoisotopic (exact) mass is 416 g/mol. The van der Waals surface area contributed by atoms with Crippen molar-refractivity contribution >= 4 is 38.9 Å². The summed E-state index contributed by atoms with van der Waals surface area (Å²) in [6.45, 7) is 0.902. The Balaban J connectivity index is 1.47. The number of methoxy groups -OCH3 is 1. The van der Waals surface area contributed by atoms with Gasteiger partial charge in [0.15, 0.2) is 0 Å². The smallest absolute Gasteiger partial charge is 0.413 e. The van der Waals surface area contributed by atoms with Gasteiger partial charge in [0.25, 0.3) is 0 Å². The Morgan fingerprint density at radius 1 is 1.21 bits per heavy atom. The molecule has 1 aromatic heterocycles. The lowest BCUT2D eigenvalue weighted by atomic mass is 10.3. The van der Waals surface area contributed by atoms with Crippen molar-refractivity contribution in [3.8, 4) is 5.75 Å². The van der Waals surface area contributed by atoms with Crippen molar-refractivity contribution in [1.29, 1.82) is 0 Å². The van der Waals surface area contributed by atoms with Crippen LogP contribution in [0.4, 0.5) is 16.4 Å². The number of imidazole rings is 1. The fourth-order valence-electron chi connectivity index (χ4n) is 2.74. The van der Waals surface area contributed by atoms with Gasteiger partial charge in [-0.05, 0) is 55.2 Å². The number of nitrogens with one attached hydrogen (secondary N) is 3. The highest BCUT2D eigenvalue weighted by atomic mass is 32.2. The van der Waals surface area contributed by atoms with E-state index in [9.17, 15) is 13.2 Å². The number of benzene rings is 2. The zero-order valence-electron chi connectivity index (χ0n) is 15.6. The zero-order valence-corrected chi connectivity index (χ0v) is 16.5. The van der Waals surface area contributed by atoms with Gasteiger partial charge in [0, 0.05) is 18.3 Å². The Labute approximate surface area is 167 Å². The molecule has 29 heavy (non-hydrogen) atoms. The maximum absolute atomic E-state index is 12.6. The first-order valence-electron chi connectivity index (χ1n) is 9.06. The highest BCUT2D eigenvalue weighted by molar-refractivity contribution is 7.87. The predicted octanol–water partition coefficient (Wildman–Crippen LogP) is 3.33. The first-order chi connectivity index (χ1) is 13.9. The molecule has 4 rings (SSSR count). The van der Waals surface area contributed by atoms with Crippen LogP contribution >= 0.6 is 0 Å². The molecule has 0 spiro atoms. The van der Waals surface area contributed by atoms with E-state index in [0.717, 1.165) is 18.2 Å². The van der Waals surface area contributed by atoms with Crippen molar-refractivity contribution < 1.29 is 22.1 Å². The van der Waals surface area contributed by atoms with Crippen LogP contribution in [0.1, 0.15) is 12.8 Å². The molecule has 9 nitrogen and oxygen atoms in total. The number of hydrogen-bond acceptors (Lipinski definition) is 7. The van der Waals surface area contributed by atoms with E-state index < -0.39 is 16.2 Å². The molecule has 1 saturated carbocycles. The Morgan fingerprint density at radius 2 is 1.97 bits per heavy atom. The van der Waals surface area contributed by atoms with Crippen LogP contribution in [-0.2, 0) is 14.9 Å². The second-order valence-corrected chi connectivity index (χ2v) is 8.31. The number of anilines is 2. The van der Waals surface area contributed by atoms with Crippen LogP contribution in [0.15, 0.2) is 47.4 Å². The lowest BCUT2D eigenvalue weighted by Crippen LogP contribution is -2.11. The van der Waals surface area contributed by atoms with Crippen molar-refractivity contribution in [1.82, 2.24) is 9.97 Å². The number of hydrogen-bond donors (Lipinski definition) is 3. The first-order valence-corrected chi connectivity index (χ1v) is 10.5. The van der Waals surface area contributed by atoms with E-state index in [-0.39, 0.29) is 16.6 Å². The van der Waals surface area contributed by atoms with Crippen LogP contribution in [0.2, 0.25) is 0 Å². The van der Waals surface area contributed by atoms with E-state index in [1.54, 1.807) is 18.2 Å². The first kappa shape index (κ1) is 19.1. The number of carbonyl (C=O) groups excluding carboxylic acids is 1. The molecule has 0 aliphatic heterocycles. The standard InChI is InChI=1S/C19H20N4O5S/c1-27-19(24)23-18-21-16-9-6-14(10-17(16)22-18)28-29(25,26)15-7-4-13(5-8-15)20-11-12-2-3-12/h4-10,12,20H,2-3,11H2,1H3,(H2,21,22,23,24). The van der Waals surface area contributed by atoms with Crippen molar-refractivity contribution in [3.05, 3.63) is 42.5 Å². The second kappa shape index (κ2) is 7.63. The molecule has 1 aliphatic carbocycles. The van der Waals surface area contributed by atoms with Crippen molar-refractivity contribution in [2.45, 2.75) is 17.7 Å². The number of aromatic amines is 1. The van der Waals surface area contributed by atoms with Gasteiger partial charge in [-0.2, -0.15) is 8.42 Å². The van der Waals surface area contributed by atoms with Gasteiger partial charge in [-0.15, -0.1) is 0 Å². The maximum Gasteiger partial charge on any atom is 0.413 e. The fraction of sp³-hybridized carbons (Fsp3) is 0.263. The van der Waals surface area contributed by atoms with Gasteiger partial charge in [-0.3, -0.25) is 5.32 Å². The molecular formula is C19H20N4O5S. The highest BCUT2D eigenvalue weighted by Gasteiger charge is 2.21. The van der Waals surface area contributed by atoms with Gasteiger partial charge in [-0.25, -0.2) is 9.78 Å². The summed E-state index contributed by atoms with van der Waals surface area (Å²) in [5.74, 6) is 1.02. The number of ether oxygens (including phenoxy) is 1. The topological polar surface area (TPSA) is 122 Å². The number of carbonyl (C=O) groups is 1. The molecule has 3 N–H and O–H groups in total. The van der Waals surface area contributed by atoms with E-state index in [2.05, 4.69) is 25.3 Å². The minimum Gasteiger partial charge on any atom is -0.453 e. The molecule has 1 amide bonds. The minimum absolute atomic E-state index is 0.0599. The van der Waals surface area contributed by atoms with E-state index in [4.69, 9.17) is 4.18 Å². The molecular weight excluding hydrogens is 396 g/mol.